The number of carbonyl (C=O) groups excluding carboxylic acids is 2. The van der Waals surface area contributed by atoms with Crippen molar-refractivity contribution in [3.05, 3.63) is 119 Å². The number of carbonyl (C=O) groups is 2. The Bertz CT molecular complexity index is 1540. The molecule has 1 fully saturated rings. The zero-order chi connectivity index (χ0) is 31.4. The van der Waals surface area contributed by atoms with Gasteiger partial charge in [-0.15, -0.1) is 11.8 Å². The van der Waals surface area contributed by atoms with E-state index in [4.69, 9.17) is 14.2 Å². The SMILES string of the molecule is CCOC(=O)CNC(=O)NCc1cccc(-c2ccc([C@@H]3O[C@H](CSc4ccccn4)C[C@H](c4ccc(CO)cc4)O3)cc2)c1. The molecule has 4 aromatic rings. The minimum Gasteiger partial charge on any atom is -0.465 e. The first-order chi connectivity index (χ1) is 22.0. The Balaban J connectivity index is 1.25. The van der Waals surface area contributed by atoms with Crippen molar-refractivity contribution in [3.8, 4) is 11.1 Å². The smallest absolute Gasteiger partial charge is 0.325 e. The molecule has 1 aliphatic heterocycles. The van der Waals surface area contributed by atoms with Crippen molar-refractivity contribution in [2.45, 2.75) is 50.0 Å². The van der Waals surface area contributed by atoms with E-state index in [1.54, 1.807) is 24.9 Å². The summed E-state index contributed by atoms with van der Waals surface area (Å²) in [5, 5.41) is 15.7. The highest BCUT2D eigenvalue weighted by Crippen LogP contribution is 2.39. The van der Waals surface area contributed by atoms with Crippen LogP contribution in [-0.4, -0.2) is 47.1 Å². The molecule has 10 heteroatoms. The molecule has 0 unspecified atom stereocenters. The standard InChI is InChI=1S/C35H37N3O6S/c1-2-42-33(40)21-38-35(41)37-20-25-6-5-7-29(18-25)26-13-15-28(16-14-26)34-43-30(23-45-32-8-3-4-17-36-32)19-31(44-34)27-11-9-24(22-39)10-12-27/h3-18,30-31,34,39H,2,19-23H2,1H3,(H2,37,38,41)/t30-,31+,34+/m0/s1. The van der Waals surface area contributed by atoms with Gasteiger partial charge in [0.15, 0.2) is 6.29 Å². The molecule has 1 aromatic heterocycles. The van der Waals surface area contributed by atoms with Crippen LogP contribution in [0.4, 0.5) is 4.79 Å². The monoisotopic (exact) mass is 627 g/mol. The van der Waals surface area contributed by atoms with Crippen LogP contribution in [0.15, 0.2) is 102 Å². The van der Waals surface area contributed by atoms with Gasteiger partial charge in [-0.05, 0) is 52.9 Å². The second-order valence-electron chi connectivity index (χ2n) is 10.5. The number of pyridine rings is 1. The number of aromatic nitrogens is 1. The van der Waals surface area contributed by atoms with Crippen molar-refractivity contribution < 1.29 is 28.9 Å². The van der Waals surface area contributed by atoms with Crippen LogP contribution in [0.2, 0.25) is 0 Å². The number of aliphatic hydroxyl groups excluding tert-OH is 1. The van der Waals surface area contributed by atoms with E-state index in [2.05, 4.69) is 15.6 Å². The van der Waals surface area contributed by atoms with Gasteiger partial charge in [0.25, 0.3) is 0 Å². The van der Waals surface area contributed by atoms with Gasteiger partial charge >= 0.3 is 12.0 Å². The van der Waals surface area contributed by atoms with Gasteiger partial charge in [0.2, 0.25) is 0 Å². The lowest BCUT2D eigenvalue weighted by Gasteiger charge is -2.36. The van der Waals surface area contributed by atoms with Crippen molar-refractivity contribution in [1.29, 1.82) is 0 Å². The highest BCUT2D eigenvalue weighted by atomic mass is 32.2. The van der Waals surface area contributed by atoms with E-state index < -0.39 is 18.3 Å². The summed E-state index contributed by atoms with van der Waals surface area (Å²) in [6, 6.07) is 29.4. The Morgan fingerprint density at radius 1 is 0.911 bits per heavy atom. The number of ether oxygens (including phenoxy) is 3. The second-order valence-corrected chi connectivity index (χ2v) is 11.5. The number of rotatable bonds is 12. The molecular formula is C35H37N3O6S. The minimum absolute atomic E-state index is 0.000888. The number of esters is 1. The van der Waals surface area contributed by atoms with Crippen molar-refractivity contribution in [2.75, 3.05) is 18.9 Å². The Kier molecular flexibility index (Phi) is 11.6. The van der Waals surface area contributed by atoms with E-state index in [1.807, 2.05) is 91.0 Å². The zero-order valence-corrected chi connectivity index (χ0v) is 25.9. The minimum atomic E-state index is -0.548. The van der Waals surface area contributed by atoms with E-state index >= 15 is 0 Å². The molecule has 2 amide bonds. The summed E-state index contributed by atoms with van der Waals surface area (Å²) in [5.74, 6) is 0.259. The van der Waals surface area contributed by atoms with Gasteiger partial charge in [0.1, 0.15) is 6.54 Å². The molecule has 5 rings (SSSR count). The van der Waals surface area contributed by atoms with E-state index in [0.717, 1.165) is 44.2 Å². The molecule has 0 aliphatic carbocycles. The Hall–Kier alpha value is -4.22. The van der Waals surface area contributed by atoms with Crippen molar-refractivity contribution in [2.24, 2.45) is 0 Å². The molecule has 234 valence electrons. The van der Waals surface area contributed by atoms with Crippen LogP contribution in [0.25, 0.3) is 11.1 Å². The molecule has 1 saturated heterocycles. The van der Waals surface area contributed by atoms with E-state index in [1.165, 1.54) is 0 Å². The molecular weight excluding hydrogens is 590 g/mol. The van der Waals surface area contributed by atoms with E-state index in [-0.39, 0.29) is 32.0 Å². The number of urea groups is 1. The fraction of sp³-hybridized carbons (Fsp3) is 0.286. The predicted molar refractivity (Wildman–Crippen MR) is 172 cm³/mol. The summed E-state index contributed by atoms with van der Waals surface area (Å²) < 4.78 is 17.8. The molecule has 0 bridgehead atoms. The number of nitrogens with zero attached hydrogens (tertiary/aromatic N) is 1. The Morgan fingerprint density at radius 3 is 2.44 bits per heavy atom. The number of hydrogen-bond acceptors (Lipinski definition) is 8. The van der Waals surface area contributed by atoms with Crippen LogP contribution < -0.4 is 10.6 Å². The van der Waals surface area contributed by atoms with Gasteiger partial charge in [-0.3, -0.25) is 4.79 Å². The summed E-state index contributed by atoms with van der Waals surface area (Å²) in [6.07, 6.45) is 1.73. The zero-order valence-electron chi connectivity index (χ0n) is 25.1. The lowest BCUT2D eigenvalue weighted by molar-refractivity contribution is -0.245. The molecule has 3 N–H and O–H groups in total. The fourth-order valence-corrected chi connectivity index (χ4v) is 5.82. The summed E-state index contributed by atoms with van der Waals surface area (Å²) in [7, 11) is 0. The van der Waals surface area contributed by atoms with Crippen molar-refractivity contribution in [1.82, 2.24) is 15.6 Å². The normalized spacial score (nSPS) is 17.8. The molecule has 0 saturated carbocycles. The average molecular weight is 628 g/mol. The van der Waals surface area contributed by atoms with Crippen LogP contribution >= 0.6 is 11.8 Å². The van der Waals surface area contributed by atoms with Crippen LogP contribution in [0.3, 0.4) is 0 Å². The summed E-state index contributed by atoms with van der Waals surface area (Å²) in [5.41, 5.74) is 5.76. The number of benzene rings is 3. The molecule has 0 radical (unpaired) electrons. The third-order valence-corrected chi connectivity index (χ3v) is 8.34. The van der Waals surface area contributed by atoms with Crippen LogP contribution in [-0.2, 0) is 32.2 Å². The quantitative estimate of drug-likeness (QED) is 0.130. The van der Waals surface area contributed by atoms with Crippen LogP contribution in [0.1, 0.15) is 48.0 Å². The number of nitrogens with one attached hydrogen (secondary N) is 2. The van der Waals surface area contributed by atoms with Crippen molar-refractivity contribution in [3.63, 3.8) is 0 Å². The van der Waals surface area contributed by atoms with Gasteiger partial charge in [-0.25, -0.2) is 9.78 Å². The van der Waals surface area contributed by atoms with Gasteiger partial charge in [0, 0.05) is 30.5 Å². The number of thioether (sulfide) groups is 1. The summed E-state index contributed by atoms with van der Waals surface area (Å²) in [4.78, 5) is 28.0. The largest absolute Gasteiger partial charge is 0.465 e. The summed E-state index contributed by atoms with van der Waals surface area (Å²) >= 11 is 1.66. The van der Waals surface area contributed by atoms with Gasteiger partial charge in [0.05, 0.1) is 30.4 Å². The summed E-state index contributed by atoms with van der Waals surface area (Å²) in [6.45, 7) is 2.11. The first kappa shape index (κ1) is 32.2. The first-order valence-electron chi connectivity index (χ1n) is 14.9. The lowest BCUT2D eigenvalue weighted by Crippen LogP contribution is -2.38. The number of aliphatic hydroxyl groups is 1. The third-order valence-electron chi connectivity index (χ3n) is 7.26. The topological polar surface area (TPSA) is 119 Å². The van der Waals surface area contributed by atoms with Crippen LogP contribution in [0.5, 0.6) is 0 Å². The molecule has 3 aromatic carbocycles. The average Bonchev–Trinajstić information content (AvgIpc) is 3.09. The van der Waals surface area contributed by atoms with Gasteiger partial charge < -0.3 is 30.0 Å². The van der Waals surface area contributed by atoms with Crippen LogP contribution in [0, 0.1) is 0 Å². The maximum absolute atomic E-state index is 12.1. The Morgan fingerprint density at radius 2 is 1.71 bits per heavy atom. The second kappa shape index (κ2) is 16.2. The van der Waals surface area contributed by atoms with Gasteiger partial charge in [-0.1, -0.05) is 72.8 Å². The maximum atomic E-state index is 12.1. The first-order valence-corrected chi connectivity index (χ1v) is 15.9. The molecule has 9 nitrogen and oxygen atoms in total. The number of hydrogen-bond donors (Lipinski definition) is 3. The lowest BCUT2D eigenvalue weighted by atomic mass is 9.99. The van der Waals surface area contributed by atoms with Crippen molar-refractivity contribution >= 4 is 23.8 Å². The molecule has 45 heavy (non-hydrogen) atoms. The molecule has 1 aliphatic rings. The molecule has 2 heterocycles. The number of amides is 2. The predicted octanol–water partition coefficient (Wildman–Crippen LogP) is 5.94. The molecule has 3 atom stereocenters. The highest BCUT2D eigenvalue weighted by Gasteiger charge is 2.32. The molecule has 0 spiro atoms. The Labute approximate surface area is 267 Å². The highest BCUT2D eigenvalue weighted by molar-refractivity contribution is 7.99. The van der Waals surface area contributed by atoms with Gasteiger partial charge in [-0.2, -0.15) is 0 Å². The third kappa shape index (κ3) is 9.39. The van der Waals surface area contributed by atoms with E-state index in [0.29, 0.717) is 13.0 Å². The van der Waals surface area contributed by atoms with E-state index in [9.17, 15) is 14.7 Å². The maximum Gasteiger partial charge on any atom is 0.325 e. The fourth-order valence-electron chi connectivity index (χ4n) is 4.94.